The molecule has 5 rings (SSSR count). The number of rotatable bonds is 7. The molecule has 0 atom stereocenters. The number of amides is 1. The van der Waals surface area contributed by atoms with Gasteiger partial charge in [-0.1, -0.05) is 17.7 Å². The van der Waals surface area contributed by atoms with Gasteiger partial charge in [-0.2, -0.15) is 0 Å². The Bertz CT molecular complexity index is 1180. The van der Waals surface area contributed by atoms with Gasteiger partial charge in [-0.3, -0.25) is 9.69 Å². The van der Waals surface area contributed by atoms with Crippen LogP contribution in [0, 0.1) is 18.7 Å². The number of hydrogen-bond donors (Lipinski definition) is 2. The molecule has 2 aliphatic heterocycles. The van der Waals surface area contributed by atoms with Crippen LogP contribution >= 0.6 is 11.6 Å². The first-order valence-electron chi connectivity index (χ1n) is 12.9. The van der Waals surface area contributed by atoms with Crippen molar-refractivity contribution in [1.29, 1.82) is 0 Å². The number of morpholine rings is 1. The lowest BCUT2D eigenvalue weighted by Gasteiger charge is -2.34. The maximum absolute atomic E-state index is 14.2. The Hall–Kier alpha value is -2.61. The molecule has 6 nitrogen and oxygen atoms in total. The number of piperidine rings is 1. The summed E-state index contributed by atoms with van der Waals surface area (Å²) in [4.78, 5) is 20.8. The predicted molar refractivity (Wildman–Crippen MR) is 144 cm³/mol. The molecule has 2 aromatic carbocycles. The van der Waals surface area contributed by atoms with Gasteiger partial charge in [0.1, 0.15) is 11.5 Å². The van der Waals surface area contributed by atoms with Gasteiger partial charge in [0.2, 0.25) is 0 Å². The zero-order valence-electron chi connectivity index (χ0n) is 20.8. The Labute approximate surface area is 216 Å². The number of aromatic amines is 1. The molecule has 0 bridgehead atoms. The number of halogens is 2. The minimum absolute atomic E-state index is 0.317. The van der Waals surface area contributed by atoms with Crippen molar-refractivity contribution in [3.63, 3.8) is 0 Å². The summed E-state index contributed by atoms with van der Waals surface area (Å²) >= 11 is 6.43. The van der Waals surface area contributed by atoms with E-state index in [-0.39, 0.29) is 11.7 Å². The molecule has 1 amide bonds. The molecule has 0 saturated carbocycles. The third kappa shape index (κ3) is 5.85. The molecule has 2 fully saturated rings. The van der Waals surface area contributed by atoms with Crippen LogP contribution in [-0.2, 0) is 4.74 Å². The number of nitrogens with zero attached hydrogens (tertiary/aromatic N) is 2. The summed E-state index contributed by atoms with van der Waals surface area (Å²) in [6.07, 6.45) is 4.84. The Morgan fingerprint density at radius 3 is 2.67 bits per heavy atom. The summed E-state index contributed by atoms with van der Waals surface area (Å²) in [5.41, 5.74) is 3.49. The Kier molecular flexibility index (Phi) is 7.79. The average Bonchev–Trinajstić information content (AvgIpc) is 3.34. The minimum atomic E-state index is -0.347. The number of anilines is 2. The molecule has 0 aliphatic carbocycles. The first kappa shape index (κ1) is 25.1. The fourth-order valence-corrected chi connectivity index (χ4v) is 5.61. The number of aryl methyl sites for hydroxylation is 1. The molecule has 0 spiro atoms. The number of carbonyl (C=O) groups is 1. The van der Waals surface area contributed by atoms with E-state index >= 15 is 0 Å². The highest BCUT2D eigenvalue weighted by Gasteiger charge is 2.21. The van der Waals surface area contributed by atoms with Crippen LogP contribution in [0.3, 0.4) is 0 Å². The van der Waals surface area contributed by atoms with Crippen LogP contribution in [0.15, 0.2) is 36.4 Å². The van der Waals surface area contributed by atoms with Crippen LogP contribution < -0.4 is 10.2 Å². The first-order valence-corrected chi connectivity index (χ1v) is 13.3. The molecule has 0 radical (unpaired) electrons. The zero-order chi connectivity index (χ0) is 25.1. The topological polar surface area (TPSA) is 60.6 Å². The smallest absolute Gasteiger partial charge is 0.272 e. The molecular formula is C28H34ClFN4O2. The lowest BCUT2D eigenvalue weighted by atomic mass is 9.92. The Morgan fingerprint density at radius 1 is 1.14 bits per heavy atom. The van der Waals surface area contributed by atoms with E-state index in [1.54, 1.807) is 18.2 Å². The van der Waals surface area contributed by atoms with Gasteiger partial charge in [-0.15, -0.1) is 0 Å². The second-order valence-electron chi connectivity index (χ2n) is 10.0. The van der Waals surface area contributed by atoms with Gasteiger partial charge in [-0.25, -0.2) is 4.39 Å². The summed E-state index contributed by atoms with van der Waals surface area (Å²) in [5.74, 6) is 0.0872. The fraction of sp³-hybridized carbons (Fsp3) is 0.464. The van der Waals surface area contributed by atoms with Crippen LogP contribution in [-0.4, -0.2) is 61.7 Å². The van der Waals surface area contributed by atoms with Crippen molar-refractivity contribution in [2.45, 2.75) is 32.6 Å². The molecule has 2 saturated heterocycles. The molecule has 1 aromatic heterocycles. The molecule has 0 unspecified atom stereocenters. The second-order valence-corrected chi connectivity index (χ2v) is 10.5. The first-order chi connectivity index (χ1) is 17.5. The van der Waals surface area contributed by atoms with Gasteiger partial charge in [0.15, 0.2) is 0 Å². The molecule has 3 heterocycles. The van der Waals surface area contributed by atoms with Crippen LogP contribution in [0.2, 0.25) is 5.02 Å². The number of fused-ring (bicyclic) bond motifs is 1. The molecule has 36 heavy (non-hydrogen) atoms. The number of aromatic nitrogens is 1. The predicted octanol–water partition coefficient (Wildman–Crippen LogP) is 5.85. The van der Waals surface area contributed by atoms with E-state index in [4.69, 9.17) is 16.3 Å². The van der Waals surface area contributed by atoms with E-state index in [2.05, 4.69) is 20.1 Å². The second kappa shape index (κ2) is 11.2. The number of hydrogen-bond acceptors (Lipinski definition) is 4. The van der Waals surface area contributed by atoms with Gasteiger partial charge in [0, 0.05) is 48.0 Å². The van der Waals surface area contributed by atoms with E-state index in [1.165, 1.54) is 25.5 Å². The minimum Gasteiger partial charge on any atom is -0.379 e. The van der Waals surface area contributed by atoms with Crippen molar-refractivity contribution in [3.8, 4) is 0 Å². The molecule has 2 N–H and O–H groups in total. The van der Waals surface area contributed by atoms with Gasteiger partial charge < -0.3 is 19.9 Å². The molecule has 8 heteroatoms. The maximum atomic E-state index is 14.2. The highest BCUT2D eigenvalue weighted by Crippen LogP contribution is 2.31. The molecular weight excluding hydrogens is 479 g/mol. The van der Waals surface area contributed by atoms with Gasteiger partial charge in [0.25, 0.3) is 5.91 Å². The highest BCUT2D eigenvalue weighted by atomic mass is 35.5. The average molecular weight is 513 g/mol. The standard InChI is InChI=1S/C28H34ClFN4O2/c1-19-4-5-25(30)24-18-26(32-27(19)24)28(35)31-22-15-21(29)16-23(17-22)34-9-6-20(7-10-34)3-2-8-33-11-13-36-14-12-33/h4-5,15-18,20,32H,2-3,6-14H2,1H3,(H,31,35). The van der Waals surface area contributed by atoms with Crippen molar-refractivity contribution in [2.24, 2.45) is 5.92 Å². The van der Waals surface area contributed by atoms with Gasteiger partial charge in [0.05, 0.1) is 18.7 Å². The zero-order valence-corrected chi connectivity index (χ0v) is 21.5. The summed E-state index contributed by atoms with van der Waals surface area (Å²) in [7, 11) is 0. The van der Waals surface area contributed by atoms with E-state index in [0.29, 0.717) is 27.3 Å². The number of benzene rings is 2. The maximum Gasteiger partial charge on any atom is 0.272 e. The lowest BCUT2D eigenvalue weighted by Crippen LogP contribution is -2.37. The van der Waals surface area contributed by atoms with Crippen LogP contribution in [0.5, 0.6) is 0 Å². The normalized spacial score (nSPS) is 17.6. The van der Waals surface area contributed by atoms with Crippen molar-refractivity contribution >= 4 is 39.8 Å². The van der Waals surface area contributed by atoms with Gasteiger partial charge >= 0.3 is 0 Å². The largest absolute Gasteiger partial charge is 0.379 e. The van der Waals surface area contributed by atoms with Gasteiger partial charge in [-0.05, 0) is 81.0 Å². The molecule has 3 aromatic rings. The van der Waals surface area contributed by atoms with Crippen molar-refractivity contribution < 1.29 is 13.9 Å². The Morgan fingerprint density at radius 2 is 1.92 bits per heavy atom. The summed E-state index contributed by atoms with van der Waals surface area (Å²) in [5, 5.41) is 3.92. The van der Waals surface area contributed by atoms with Crippen LogP contribution in [0.25, 0.3) is 10.9 Å². The monoisotopic (exact) mass is 512 g/mol. The van der Waals surface area contributed by atoms with Crippen LogP contribution in [0.4, 0.5) is 15.8 Å². The molecule has 192 valence electrons. The van der Waals surface area contributed by atoms with E-state index in [0.717, 1.165) is 69.4 Å². The van der Waals surface area contributed by atoms with E-state index in [1.807, 2.05) is 19.1 Å². The molecule has 2 aliphatic rings. The number of nitrogens with one attached hydrogen (secondary N) is 2. The number of carbonyl (C=O) groups excluding carboxylic acids is 1. The summed E-state index contributed by atoms with van der Waals surface area (Å²) in [6.45, 7) is 8.86. The third-order valence-electron chi connectivity index (χ3n) is 7.50. The number of ether oxygens (including phenoxy) is 1. The number of H-pyrrole nitrogens is 1. The SMILES string of the molecule is Cc1ccc(F)c2cc(C(=O)Nc3cc(Cl)cc(N4CCC(CCCN5CCOCC5)CC4)c3)[nH]c12. The third-order valence-corrected chi connectivity index (χ3v) is 7.72. The summed E-state index contributed by atoms with van der Waals surface area (Å²) in [6, 6.07) is 10.4. The van der Waals surface area contributed by atoms with Crippen molar-refractivity contribution in [1.82, 2.24) is 9.88 Å². The fourth-order valence-electron chi connectivity index (χ4n) is 5.38. The van der Waals surface area contributed by atoms with E-state index < -0.39 is 0 Å². The quantitative estimate of drug-likeness (QED) is 0.417. The summed E-state index contributed by atoms with van der Waals surface area (Å²) < 4.78 is 19.6. The van der Waals surface area contributed by atoms with Crippen molar-refractivity contribution in [3.05, 3.63) is 58.5 Å². The van der Waals surface area contributed by atoms with Crippen molar-refractivity contribution in [2.75, 3.05) is 56.2 Å². The lowest BCUT2D eigenvalue weighted by molar-refractivity contribution is 0.0365. The highest BCUT2D eigenvalue weighted by molar-refractivity contribution is 6.31. The van der Waals surface area contributed by atoms with Crippen LogP contribution in [0.1, 0.15) is 41.7 Å². The van der Waals surface area contributed by atoms with E-state index in [9.17, 15) is 9.18 Å². The Balaban J connectivity index is 1.17.